The molecule has 1 heterocycles. The van der Waals surface area contributed by atoms with Gasteiger partial charge in [0, 0.05) is 0 Å². The van der Waals surface area contributed by atoms with Crippen LogP contribution in [0.2, 0.25) is 0 Å². The summed E-state index contributed by atoms with van der Waals surface area (Å²) in [6.45, 7) is 1.36. The van der Waals surface area contributed by atoms with Gasteiger partial charge in [-0.2, -0.15) is 0 Å². The number of hydrogen-bond acceptors (Lipinski definition) is 2. The van der Waals surface area contributed by atoms with E-state index in [0.717, 1.165) is 6.61 Å². The maximum Gasteiger partial charge on any atom is 0.115 e. The third kappa shape index (κ3) is 0.954. The maximum atomic E-state index is 4.74. The standard InChI is InChI=1S/C4H6O2/c1-5-2-4-3-6-4/h1,4H,2-3H2. The topological polar surface area (TPSA) is 21.8 Å². The minimum Gasteiger partial charge on any atom is -0.371 e. The second-order valence-electron chi connectivity index (χ2n) is 1.29. The molecule has 2 radical (unpaired) electrons. The lowest BCUT2D eigenvalue weighted by molar-refractivity contribution is 0.206. The highest BCUT2D eigenvalue weighted by atomic mass is 16.6. The van der Waals surface area contributed by atoms with E-state index in [-0.39, 0.29) is 0 Å². The van der Waals surface area contributed by atoms with Crippen LogP contribution in [0.1, 0.15) is 0 Å². The molecule has 0 aliphatic carbocycles. The van der Waals surface area contributed by atoms with E-state index in [1.165, 1.54) is 0 Å². The van der Waals surface area contributed by atoms with Crippen molar-refractivity contribution >= 4 is 0 Å². The number of rotatable bonds is 2. The van der Waals surface area contributed by atoms with Crippen LogP contribution in [0.5, 0.6) is 0 Å². The smallest absolute Gasteiger partial charge is 0.115 e. The van der Waals surface area contributed by atoms with Crippen molar-refractivity contribution in [3.05, 3.63) is 7.11 Å². The highest BCUT2D eigenvalue weighted by molar-refractivity contribution is 4.66. The molecule has 34 valence electrons. The highest BCUT2D eigenvalue weighted by Crippen LogP contribution is 2.07. The molecule has 1 saturated heterocycles. The SMILES string of the molecule is [CH]OCC1CO1. The van der Waals surface area contributed by atoms with Gasteiger partial charge >= 0.3 is 0 Å². The Morgan fingerprint density at radius 1 is 2.00 bits per heavy atom. The monoisotopic (exact) mass is 86.0 g/mol. The second kappa shape index (κ2) is 1.58. The van der Waals surface area contributed by atoms with Gasteiger partial charge < -0.3 is 9.47 Å². The van der Waals surface area contributed by atoms with Crippen molar-refractivity contribution in [2.45, 2.75) is 6.10 Å². The first-order chi connectivity index (χ1) is 2.93. The first kappa shape index (κ1) is 4.09. The molecule has 0 amide bonds. The van der Waals surface area contributed by atoms with Crippen LogP contribution in [0.25, 0.3) is 0 Å². The fourth-order valence-corrected chi connectivity index (χ4v) is 0.272. The van der Waals surface area contributed by atoms with Crippen LogP contribution in [0.3, 0.4) is 0 Å². The van der Waals surface area contributed by atoms with E-state index in [1.54, 1.807) is 0 Å². The third-order valence-electron chi connectivity index (χ3n) is 0.684. The molecule has 1 fully saturated rings. The summed E-state index contributed by atoms with van der Waals surface area (Å²) < 4.78 is 8.98. The average molecular weight is 86.1 g/mol. The van der Waals surface area contributed by atoms with E-state index in [4.69, 9.17) is 4.74 Å². The molecular formula is C4H6O2. The van der Waals surface area contributed by atoms with Crippen LogP contribution >= 0.6 is 0 Å². The van der Waals surface area contributed by atoms with Gasteiger partial charge in [-0.15, -0.1) is 0 Å². The average Bonchev–Trinajstić information content (AvgIpc) is 2.21. The predicted molar refractivity (Wildman–Crippen MR) is 20.0 cm³/mol. The van der Waals surface area contributed by atoms with E-state index in [0.29, 0.717) is 12.7 Å². The van der Waals surface area contributed by atoms with E-state index in [2.05, 4.69) is 11.8 Å². The van der Waals surface area contributed by atoms with Crippen LogP contribution < -0.4 is 0 Å². The fourth-order valence-electron chi connectivity index (χ4n) is 0.272. The second-order valence-corrected chi connectivity index (χ2v) is 1.29. The van der Waals surface area contributed by atoms with Crippen molar-refractivity contribution in [1.29, 1.82) is 0 Å². The summed E-state index contributed by atoms with van der Waals surface area (Å²) in [4.78, 5) is 0. The first-order valence-electron chi connectivity index (χ1n) is 1.87. The molecule has 0 spiro atoms. The molecule has 2 heteroatoms. The Kier molecular flexibility index (Phi) is 1.08. The van der Waals surface area contributed by atoms with Crippen molar-refractivity contribution in [3.8, 4) is 0 Å². The molecule has 0 saturated carbocycles. The predicted octanol–water partition coefficient (Wildman–Crippen LogP) is 0.0704. The molecule has 0 aromatic carbocycles. The molecule has 1 aliphatic heterocycles. The van der Waals surface area contributed by atoms with Crippen molar-refractivity contribution < 1.29 is 9.47 Å². The van der Waals surface area contributed by atoms with Gasteiger partial charge in [-0.25, -0.2) is 0 Å². The fraction of sp³-hybridized carbons (Fsp3) is 0.750. The van der Waals surface area contributed by atoms with Crippen LogP contribution in [-0.4, -0.2) is 19.3 Å². The zero-order valence-electron chi connectivity index (χ0n) is 3.39. The number of epoxide rings is 1. The minimum absolute atomic E-state index is 0.301. The van der Waals surface area contributed by atoms with Gasteiger partial charge in [-0.3, -0.25) is 0 Å². The van der Waals surface area contributed by atoms with Crippen LogP contribution in [0.4, 0.5) is 0 Å². The van der Waals surface area contributed by atoms with Crippen LogP contribution in [-0.2, 0) is 9.47 Å². The molecule has 6 heavy (non-hydrogen) atoms. The van der Waals surface area contributed by atoms with Crippen molar-refractivity contribution in [3.63, 3.8) is 0 Å². The maximum absolute atomic E-state index is 4.74. The Morgan fingerprint density at radius 2 is 2.67 bits per heavy atom. The Bertz CT molecular complexity index is 40.8. The number of hydrogen-bond donors (Lipinski definition) is 0. The van der Waals surface area contributed by atoms with Gasteiger partial charge in [-0.05, 0) is 0 Å². The van der Waals surface area contributed by atoms with Crippen LogP contribution in [0.15, 0.2) is 0 Å². The zero-order valence-corrected chi connectivity index (χ0v) is 3.39. The first-order valence-corrected chi connectivity index (χ1v) is 1.87. The van der Waals surface area contributed by atoms with Gasteiger partial charge in [0.05, 0.1) is 13.2 Å². The van der Waals surface area contributed by atoms with Crippen molar-refractivity contribution in [2.24, 2.45) is 0 Å². The Hall–Kier alpha value is -0.0800. The third-order valence-corrected chi connectivity index (χ3v) is 0.684. The molecule has 0 aromatic rings. The zero-order chi connectivity index (χ0) is 4.41. The Balaban J connectivity index is 1.88. The van der Waals surface area contributed by atoms with E-state index < -0.39 is 0 Å². The Labute approximate surface area is 37.1 Å². The van der Waals surface area contributed by atoms with Crippen LogP contribution in [0, 0.1) is 7.11 Å². The van der Waals surface area contributed by atoms with Gasteiger partial charge in [0.2, 0.25) is 0 Å². The van der Waals surface area contributed by atoms with Gasteiger partial charge in [0.1, 0.15) is 13.2 Å². The highest BCUT2D eigenvalue weighted by Gasteiger charge is 2.21. The number of ether oxygens (including phenoxy) is 2. The lowest BCUT2D eigenvalue weighted by atomic mass is 10.5. The summed E-state index contributed by atoms with van der Waals surface area (Å²) in [5.41, 5.74) is 0. The summed E-state index contributed by atoms with van der Waals surface area (Å²) >= 11 is 0. The molecule has 1 unspecified atom stereocenters. The molecule has 1 aliphatic rings. The summed E-state index contributed by atoms with van der Waals surface area (Å²) in [7, 11) is 4.69. The molecule has 0 bridgehead atoms. The summed E-state index contributed by atoms with van der Waals surface area (Å²) in [5.74, 6) is 0. The normalized spacial score (nSPS) is 30.5. The van der Waals surface area contributed by atoms with Gasteiger partial charge in [0.25, 0.3) is 0 Å². The Morgan fingerprint density at radius 3 is 2.83 bits per heavy atom. The largest absolute Gasteiger partial charge is 0.371 e. The summed E-state index contributed by atoms with van der Waals surface area (Å²) in [6.07, 6.45) is 0.301. The lowest BCUT2D eigenvalue weighted by Crippen LogP contribution is -1.93. The van der Waals surface area contributed by atoms with E-state index >= 15 is 0 Å². The summed E-state index contributed by atoms with van der Waals surface area (Å²) in [6, 6.07) is 0. The molecular weight excluding hydrogens is 80.0 g/mol. The van der Waals surface area contributed by atoms with Gasteiger partial charge in [0.15, 0.2) is 0 Å². The molecule has 0 aromatic heterocycles. The van der Waals surface area contributed by atoms with Crippen molar-refractivity contribution in [1.82, 2.24) is 0 Å². The molecule has 1 atom stereocenters. The van der Waals surface area contributed by atoms with Gasteiger partial charge in [-0.1, -0.05) is 0 Å². The molecule has 1 rings (SSSR count). The minimum atomic E-state index is 0.301. The van der Waals surface area contributed by atoms with E-state index in [9.17, 15) is 0 Å². The molecule has 0 N–H and O–H groups in total. The molecule has 2 nitrogen and oxygen atoms in total. The lowest BCUT2D eigenvalue weighted by Gasteiger charge is -1.83. The summed E-state index contributed by atoms with van der Waals surface area (Å²) in [5, 5.41) is 0. The van der Waals surface area contributed by atoms with Crippen molar-refractivity contribution in [2.75, 3.05) is 13.2 Å². The van der Waals surface area contributed by atoms with E-state index in [1.807, 2.05) is 0 Å². The quantitative estimate of drug-likeness (QED) is 0.443.